The van der Waals surface area contributed by atoms with Crippen LogP contribution in [0.3, 0.4) is 0 Å². The van der Waals surface area contributed by atoms with Crippen molar-refractivity contribution < 1.29 is 23.8 Å². The highest BCUT2D eigenvalue weighted by Gasteiger charge is 2.34. The summed E-state index contributed by atoms with van der Waals surface area (Å²) in [6, 6.07) is 19.0. The maximum atomic E-state index is 15.0. The Morgan fingerprint density at radius 1 is 1.03 bits per heavy atom. The Morgan fingerprint density at radius 2 is 1.79 bits per heavy atom. The minimum absolute atomic E-state index is 0.0586. The molecule has 1 atom stereocenters. The molecule has 1 unspecified atom stereocenters. The molecule has 0 aliphatic heterocycles. The highest BCUT2D eigenvalue weighted by atomic mass is 19.1. The molecule has 4 nitrogen and oxygen atoms in total. The van der Waals surface area contributed by atoms with Crippen LogP contribution >= 0.6 is 0 Å². The molecule has 2 fully saturated rings. The van der Waals surface area contributed by atoms with E-state index in [1.54, 1.807) is 19.2 Å². The summed E-state index contributed by atoms with van der Waals surface area (Å²) in [7, 11) is 1.60. The average molecular weight is 517 g/mol. The van der Waals surface area contributed by atoms with Crippen LogP contribution in [0.4, 0.5) is 4.39 Å². The molecule has 0 radical (unpaired) electrons. The number of ether oxygens (including phenoxy) is 2. The predicted molar refractivity (Wildman–Crippen MR) is 147 cm³/mol. The molecule has 2 saturated carbocycles. The van der Waals surface area contributed by atoms with Crippen molar-refractivity contribution in [3.05, 3.63) is 83.2 Å². The molecule has 3 aromatic carbocycles. The van der Waals surface area contributed by atoms with Gasteiger partial charge in [-0.15, -0.1) is 0 Å². The molecule has 3 aromatic rings. The Balaban J connectivity index is 1.39. The zero-order valence-corrected chi connectivity index (χ0v) is 22.3. The minimum Gasteiger partial charge on any atom is -0.497 e. The lowest BCUT2D eigenvalue weighted by Gasteiger charge is -2.25. The number of methoxy groups -OCH3 is 1. The van der Waals surface area contributed by atoms with Gasteiger partial charge in [0.1, 0.15) is 23.9 Å². The van der Waals surface area contributed by atoms with Gasteiger partial charge in [-0.2, -0.15) is 0 Å². The van der Waals surface area contributed by atoms with Crippen LogP contribution in [0.15, 0.2) is 60.7 Å². The molecular formula is C33H37FO4. The van der Waals surface area contributed by atoms with E-state index >= 15 is 0 Å². The molecule has 2 aliphatic carbocycles. The fourth-order valence-electron chi connectivity index (χ4n) is 6.10. The standard InChI is InChI=1S/C33H37FO4/c1-33(14-3-4-15-33)20-25-17-27(10-12-28(25)30-18-26(37-2)11-13-31(30)34)38-21-22-6-5-7-24(16-22)29(19-32(35)36)23-8-9-23/h5-7,10-13,16-18,23,29H,3-4,8-9,14-15,19-21H2,1-2H3,(H,35,36). The zero-order chi connectivity index (χ0) is 26.7. The van der Waals surface area contributed by atoms with E-state index in [4.69, 9.17) is 9.47 Å². The normalized spacial score (nSPS) is 17.2. The summed E-state index contributed by atoms with van der Waals surface area (Å²) < 4.78 is 26.6. The van der Waals surface area contributed by atoms with Crippen LogP contribution in [0.25, 0.3) is 11.1 Å². The van der Waals surface area contributed by atoms with Crippen molar-refractivity contribution in [1.29, 1.82) is 0 Å². The topological polar surface area (TPSA) is 55.8 Å². The first-order valence-electron chi connectivity index (χ1n) is 13.7. The first-order chi connectivity index (χ1) is 18.3. The summed E-state index contributed by atoms with van der Waals surface area (Å²) in [5.41, 5.74) is 4.80. The molecule has 1 N–H and O–H groups in total. The SMILES string of the molecule is COc1ccc(F)c(-c2ccc(OCc3cccc(C(CC(=O)O)C4CC4)c3)cc2CC2(C)CCCC2)c1. The third-order valence-corrected chi connectivity index (χ3v) is 8.34. The maximum Gasteiger partial charge on any atom is 0.303 e. The number of carboxylic acid groups (broad SMARTS) is 1. The van der Waals surface area contributed by atoms with Gasteiger partial charge in [-0.1, -0.05) is 50.1 Å². The average Bonchev–Trinajstić information content (AvgIpc) is 3.67. The molecule has 0 heterocycles. The molecule has 0 aromatic heterocycles. The lowest BCUT2D eigenvalue weighted by atomic mass is 9.80. The highest BCUT2D eigenvalue weighted by molar-refractivity contribution is 5.71. The van der Waals surface area contributed by atoms with E-state index in [0.29, 0.717) is 23.8 Å². The van der Waals surface area contributed by atoms with Crippen molar-refractivity contribution in [3.8, 4) is 22.6 Å². The summed E-state index contributed by atoms with van der Waals surface area (Å²) in [6.45, 7) is 2.72. The summed E-state index contributed by atoms with van der Waals surface area (Å²) in [5.74, 6) is 0.894. The van der Waals surface area contributed by atoms with Gasteiger partial charge in [-0.05, 0) is 102 Å². The van der Waals surface area contributed by atoms with Crippen LogP contribution in [0.1, 0.15) is 74.5 Å². The Kier molecular flexibility index (Phi) is 7.73. The Morgan fingerprint density at radius 3 is 2.50 bits per heavy atom. The number of aliphatic carboxylic acids is 1. The molecule has 0 saturated heterocycles. The smallest absolute Gasteiger partial charge is 0.303 e. The van der Waals surface area contributed by atoms with Gasteiger partial charge in [0.25, 0.3) is 0 Å². The van der Waals surface area contributed by atoms with E-state index in [2.05, 4.69) is 19.1 Å². The van der Waals surface area contributed by atoms with Gasteiger partial charge < -0.3 is 14.6 Å². The summed E-state index contributed by atoms with van der Waals surface area (Å²) in [4.78, 5) is 11.4. The number of carboxylic acids is 1. The number of hydrogen-bond donors (Lipinski definition) is 1. The largest absolute Gasteiger partial charge is 0.497 e. The second-order valence-electron chi connectivity index (χ2n) is 11.4. The molecule has 200 valence electrons. The van der Waals surface area contributed by atoms with Crippen LogP contribution in [0, 0.1) is 17.2 Å². The quantitative estimate of drug-likeness (QED) is 0.279. The number of benzene rings is 3. The van der Waals surface area contributed by atoms with E-state index in [-0.39, 0.29) is 23.6 Å². The molecular weight excluding hydrogens is 479 g/mol. The number of hydrogen-bond acceptors (Lipinski definition) is 3. The summed E-state index contributed by atoms with van der Waals surface area (Å²) >= 11 is 0. The van der Waals surface area contributed by atoms with Crippen LogP contribution < -0.4 is 9.47 Å². The molecule has 5 heteroatoms. The molecule has 2 aliphatic rings. The fourth-order valence-corrected chi connectivity index (χ4v) is 6.10. The van der Waals surface area contributed by atoms with Crippen LogP contribution in [0.5, 0.6) is 11.5 Å². The van der Waals surface area contributed by atoms with Gasteiger partial charge in [0, 0.05) is 5.56 Å². The lowest BCUT2D eigenvalue weighted by molar-refractivity contribution is -0.137. The van der Waals surface area contributed by atoms with Crippen molar-refractivity contribution in [2.45, 2.75) is 70.8 Å². The van der Waals surface area contributed by atoms with Crippen molar-refractivity contribution in [3.63, 3.8) is 0 Å². The molecule has 0 bridgehead atoms. The number of carbonyl (C=O) groups is 1. The molecule has 5 rings (SSSR count). The zero-order valence-electron chi connectivity index (χ0n) is 22.3. The Labute approximate surface area is 224 Å². The first-order valence-corrected chi connectivity index (χ1v) is 13.7. The monoisotopic (exact) mass is 516 g/mol. The third-order valence-electron chi connectivity index (χ3n) is 8.34. The second kappa shape index (κ2) is 11.2. The van der Waals surface area contributed by atoms with Crippen LogP contribution in [-0.2, 0) is 17.8 Å². The second-order valence-corrected chi connectivity index (χ2v) is 11.4. The minimum atomic E-state index is -0.750. The Hall–Kier alpha value is -3.34. The lowest BCUT2D eigenvalue weighted by Crippen LogP contribution is -2.15. The highest BCUT2D eigenvalue weighted by Crippen LogP contribution is 2.45. The summed E-state index contributed by atoms with van der Waals surface area (Å²) in [5, 5.41) is 9.39. The number of rotatable bonds is 11. The van der Waals surface area contributed by atoms with Gasteiger partial charge in [0.05, 0.1) is 13.5 Å². The van der Waals surface area contributed by atoms with E-state index in [9.17, 15) is 14.3 Å². The van der Waals surface area contributed by atoms with Gasteiger partial charge >= 0.3 is 5.97 Å². The van der Waals surface area contributed by atoms with Crippen molar-refractivity contribution in [2.75, 3.05) is 7.11 Å². The summed E-state index contributed by atoms with van der Waals surface area (Å²) in [6.07, 6.45) is 8.03. The van der Waals surface area contributed by atoms with E-state index in [0.717, 1.165) is 47.3 Å². The number of halogens is 1. The molecule has 38 heavy (non-hydrogen) atoms. The Bertz CT molecular complexity index is 1290. The van der Waals surface area contributed by atoms with Gasteiger partial charge in [-0.25, -0.2) is 4.39 Å². The van der Waals surface area contributed by atoms with Crippen LogP contribution in [-0.4, -0.2) is 18.2 Å². The van der Waals surface area contributed by atoms with E-state index in [1.165, 1.54) is 31.7 Å². The van der Waals surface area contributed by atoms with Crippen molar-refractivity contribution in [1.82, 2.24) is 0 Å². The van der Waals surface area contributed by atoms with E-state index in [1.807, 2.05) is 30.3 Å². The third kappa shape index (κ3) is 6.20. The fraction of sp³-hybridized carbons (Fsp3) is 0.424. The van der Waals surface area contributed by atoms with Gasteiger partial charge in [-0.3, -0.25) is 4.79 Å². The molecule has 0 amide bonds. The van der Waals surface area contributed by atoms with Crippen LogP contribution in [0.2, 0.25) is 0 Å². The molecule has 0 spiro atoms. The van der Waals surface area contributed by atoms with Gasteiger partial charge in [0.15, 0.2) is 0 Å². The van der Waals surface area contributed by atoms with Gasteiger partial charge in [0.2, 0.25) is 0 Å². The van der Waals surface area contributed by atoms with Crippen molar-refractivity contribution in [2.24, 2.45) is 11.3 Å². The predicted octanol–water partition coefficient (Wildman–Crippen LogP) is 8.17. The maximum absolute atomic E-state index is 15.0. The van der Waals surface area contributed by atoms with E-state index < -0.39 is 5.97 Å². The van der Waals surface area contributed by atoms with Crippen molar-refractivity contribution >= 4 is 5.97 Å². The first kappa shape index (κ1) is 26.3.